The molecule has 1 aromatic carbocycles. The van der Waals surface area contributed by atoms with Crippen LogP contribution in [0, 0.1) is 5.82 Å². The van der Waals surface area contributed by atoms with Crippen LogP contribution >= 0.6 is 0 Å². The molecule has 0 aliphatic carbocycles. The Hall–Kier alpha value is -3.14. The van der Waals surface area contributed by atoms with Crippen LogP contribution in [0.1, 0.15) is 37.4 Å². The van der Waals surface area contributed by atoms with E-state index in [1.165, 1.54) is 16.7 Å². The molecule has 1 aliphatic rings. The zero-order valence-corrected chi connectivity index (χ0v) is 18.3. The van der Waals surface area contributed by atoms with Gasteiger partial charge in [-0.15, -0.1) is 0 Å². The standard InChI is InChI=1S/C22H28F3N5O2/c1-12(26)19-16(11-17(22(31)29(19)3)30-7-9-32-10-8-30)21(27)28-13(2)14-5-4-6-15(18(14)23)20(24)25/h4-6,11,13,20,28H,7-10,26-27H2,1-3H3/b19-12+,21-16+/t13-/m1/s1. The van der Waals surface area contributed by atoms with E-state index in [-0.39, 0.29) is 16.9 Å². The number of ether oxygens (including phenoxy) is 1. The Bertz CT molecular complexity index is 1170. The van der Waals surface area contributed by atoms with Crippen molar-refractivity contribution in [3.8, 4) is 0 Å². The maximum absolute atomic E-state index is 14.6. The first-order valence-corrected chi connectivity index (χ1v) is 10.2. The Morgan fingerprint density at radius 3 is 2.41 bits per heavy atom. The van der Waals surface area contributed by atoms with Gasteiger partial charge in [0.1, 0.15) is 17.3 Å². The highest BCUT2D eigenvalue weighted by atomic mass is 19.3. The van der Waals surface area contributed by atoms with Crippen molar-refractivity contribution in [1.29, 1.82) is 0 Å². The van der Waals surface area contributed by atoms with E-state index in [1.54, 1.807) is 27.0 Å². The summed E-state index contributed by atoms with van der Waals surface area (Å²) in [5, 5.41) is 3.86. The van der Waals surface area contributed by atoms with Crippen molar-refractivity contribution in [3.63, 3.8) is 0 Å². The van der Waals surface area contributed by atoms with Gasteiger partial charge in [0.25, 0.3) is 12.0 Å². The molecule has 0 amide bonds. The predicted octanol–water partition coefficient (Wildman–Crippen LogP) is 0.761. The van der Waals surface area contributed by atoms with Gasteiger partial charge in [0.2, 0.25) is 0 Å². The van der Waals surface area contributed by atoms with E-state index in [4.69, 9.17) is 16.2 Å². The normalized spacial score (nSPS) is 17.3. The maximum Gasteiger partial charge on any atom is 0.274 e. The quantitative estimate of drug-likeness (QED) is 0.621. The molecule has 10 heteroatoms. The van der Waals surface area contributed by atoms with Crippen molar-refractivity contribution < 1.29 is 17.9 Å². The van der Waals surface area contributed by atoms with E-state index in [2.05, 4.69) is 5.32 Å². The number of hydrogen-bond donors (Lipinski definition) is 3. The number of alkyl halides is 2. The topological polar surface area (TPSA) is 98.5 Å². The first-order chi connectivity index (χ1) is 15.1. The summed E-state index contributed by atoms with van der Waals surface area (Å²) in [5.74, 6) is -0.837. The molecule has 1 saturated heterocycles. The predicted molar refractivity (Wildman–Crippen MR) is 118 cm³/mol. The van der Waals surface area contributed by atoms with Crippen LogP contribution in [0.2, 0.25) is 0 Å². The fourth-order valence-electron chi connectivity index (χ4n) is 3.89. The van der Waals surface area contributed by atoms with Crippen LogP contribution in [0.5, 0.6) is 0 Å². The zero-order chi connectivity index (χ0) is 23.6. The number of anilines is 1. The molecule has 2 aromatic rings. The first kappa shape index (κ1) is 23.5. The molecular weight excluding hydrogens is 423 g/mol. The fraction of sp³-hybridized carbons (Fsp3) is 0.409. The van der Waals surface area contributed by atoms with Gasteiger partial charge in [0.05, 0.1) is 30.2 Å². The third-order valence-corrected chi connectivity index (χ3v) is 5.54. The molecule has 174 valence electrons. The van der Waals surface area contributed by atoms with Crippen LogP contribution in [0.15, 0.2) is 29.1 Å². The van der Waals surface area contributed by atoms with Crippen molar-refractivity contribution >= 4 is 17.2 Å². The number of rotatable bonds is 5. The van der Waals surface area contributed by atoms with E-state index in [9.17, 15) is 18.0 Å². The molecule has 1 atom stereocenters. The van der Waals surface area contributed by atoms with Gasteiger partial charge in [0, 0.05) is 36.6 Å². The van der Waals surface area contributed by atoms with Gasteiger partial charge in [-0.05, 0) is 19.9 Å². The van der Waals surface area contributed by atoms with E-state index in [0.717, 1.165) is 6.07 Å². The van der Waals surface area contributed by atoms with Crippen molar-refractivity contribution in [2.45, 2.75) is 26.3 Å². The van der Waals surface area contributed by atoms with Gasteiger partial charge in [-0.3, -0.25) is 4.79 Å². The maximum atomic E-state index is 14.6. The minimum Gasteiger partial charge on any atom is -0.401 e. The molecule has 1 aliphatic heterocycles. The molecule has 0 unspecified atom stereocenters. The Labute approximate surface area is 183 Å². The first-order valence-electron chi connectivity index (χ1n) is 10.2. The zero-order valence-electron chi connectivity index (χ0n) is 18.3. The number of morpholine rings is 1. The lowest BCUT2D eigenvalue weighted by Gasteiger charge is -2.28. The molecule has 2 heterocycles. The summed E-state index contributed by atoms with van der Waals surface area (Å²) < 4.78 is 47.6. The number of benzene rings is 1. The molecule has 3 rings (SSSR count). The van der Waals surface area contributed by atoms with Crippen LogP contribution in [-0.2, 0) is 11.8 Å². The third-order valence-electron chi connectivity index (χ3n) is 5.54. The molecule has 0 radical (unpaired) electrons. The summed E-state index contributed by atoms with van der Waals surface area (Å²) in [5.41, 5.74) is 12.4. The second kappa shape index (κ2) is 9.56. The molecule has 0 saturated carbocycles. The highest BCUT2D eigenvalue weighted by molar-refractivity contribution is 5.52. The number of aromatic nitrogens is 1. The Balaban J connectivity index is 2.13. The largest absolute Gasteiger partial charge is 0.401 e. The molecular formula is C22H28F3N5O2. The Morgan fingerprint density at radius 2 is 1.81 bits per heavy atom. The summed E-state index contributed by atoms with van der Waals surface area (Å²) in [4.78, 5) is 14.9. The number of pyridine rings is 1. The highest BCUT2D eigenvalue weighted by Gasteiger charge is 2.21. The van der Waals surface area contributed by atoms with Crippen molar-refractivity contribution in [3.05, 3.63) is 62.1 Å². The molecule has 0 bridgehead atoms. The molecule has 1 aromatic heterocycles. The Morgan fingerprint density at radius 1 is 1.19 bits per heavy atom. The lowest BCUT2D eigenvalue weighted by molar-refractivity contribution is 0.122. The van der Waals surface area contributed by atoms with E-state index < -0.39 is 23.8 Å². The number of nitrogens with zero attached hydrogens (tertiary/aromatic N) is 2. The second-order valence-corrected chi connectivity index (χ2v) is 7.77. The third kappa shape index (κ3) is 4.55. The molecule has 5 N–H and O–H groups in total. The number of nitrogens with one attached hydrogen (secondary N) is 1. The van der Waals surface area contributed by atoms with Gasteiger partial charge in [-0.25, -0.2) is 13.2 Å². The van der Waals surface area contributed by atoms with Gasteiger partial charge in [-0.2, -0.15) is 0 Å². The summed E-state index contributed by atoms with van der Waals surface area (Å²) in [7, 11) is 1.60. The number of halogens is 3. The van der Waals surface area contributed by atoms with Crippen LogP contribution in [-0.4, -0.2) is 30.9 Å². The fourth-order valence-corrected chi connectivity index (χ4v) is 3.89. The van der Waals surface area contributed by atoms with Crippen LogP contribution in [0.4, 0.5) is 18.9 Å². The smallest absolute Gasteiger partial charge is 0.274 e. The van der Waals surface area contributed by atoms with Gasteiger partial charge in [-0.1, -0.05) is 18.2 Å². The molecule has 7 nitrogen and oxygen atoms in total. The minimum atomic E-state index is -2.93. The van der Waals surface area contributed by atoms with E-state index >= 15 is 0 Å². The lowest BCUT2D eigenvalue weighted by Crippen LogP contribution is -2.51. The van der Waals surface area contributed by atoms with Crippen LogP contribution in [0.3, 0.4) is 0 Å². The number of nitrogens with two attached hydrogens (primary N) is 2. The van der Waals surface area contributed by atoms with Crippen molar-refractivity contribution in [1.82, 2.24) is 9.88 Å². The van der Waals surface area contributed by atoms with Crippen molar-refractivity contribution in [2.24, 2.45) is 18.5 Å². The summed E-state index contributed by atoms with van der Waals surface area (Å²) in [6.45, 7) is 5.36. The van der Waals surface area contributed by atoms with Crippen molar-refractivity contribution in [2.75, 3.05) is 31.2 Å². The number of hydrogen-bond acceptors (Lipinski definition) is 6. The molecule has 0 spiro atoms. The van der Waals surface area contributed by atoms with Crippen LogP contribution in [0.25, 0.3) is 11.5 Å². The van der Waals surface area contributed by atoms with Gasteiger partial charge >= 0.3 is 0 Å². The summed E-state index contributed by atoms with van der Waals surface area (Å²) in [6.07, 6.45) is -2.93. The van der Waals surface area contributed by atoms with Gasteiger partial charge in [0.15, 0.2) is 0 Å². The average Bonchev–Trinajstić information content (AvgIpc) is 2.75. The SMILES string of the molecule is C/C(N)=c1/c(=C(\N)N[C@H](C)c2cccc(C(F)F)c2F)cc(N2CCOCC2)c(=O)n1C. The average molecular weight is 451 g/mol. The second-order valence-electron chi connectivity index (χ2n) is 7.77. The monoisotopic (exact) mass is 451 g/mol. The minimum absolute atomic E-state index is 0.0546. The van der Waals surface area contributed by atoms with E-state index in [1.807, 2.05) is 4.90 Å². The van der Waals surface area contributed by atoms with E-state index in [0.29, 0.717) is 48.3 Å². The summed E-state index contributed by atoms with van der Waals surface area (Å²) >= 11 is 0. The highest BCUT2D eigenvalue weighted by Crippen LogP contribution is 2.27. The summed E-state index contributed by atoms with van der Waals surface area (Å²) in [6, 6.07) is 4.78. The Kier molecular flexibility index (Phi) is 7.02. The van der Waals surface area contributed by atoms with Gasteiger partial charge < -0.3 is 31.0 Å². The molecule has 32 heavy (non-hydrogen) atoms. The lowest BCUT2D eigenvalue weighted by atomic mass is 10.0. The van der Waals surface area contributed by atoms with Crippen LogP contribution < -0.4 is 37.8 Å². The molecule has 1 fully saturated rings.